The molecule has 0 saturated carbocycles. The zero-order chi connectivity index (χ0) is 15.7. The van der Waals surface area contributed by atoms with Crippen LogP contribution in [0.3, 0.4) is 0 Å². The van der Waals surface area contributed by atoms with Crippen molar-refractivity contribution in [3.63, 3.8) is 0 Å². The van der Waals surface area contributed by atoms with E-state index in [0.29, 0.717) is 18.1 Å². The van der Waals surface area contributed by atoms with Crippen molar-refractivity contribution in [2.24, 2.45) is 0 Å². The highest BCUT2D eigenvalue weighted by Gasteiger charge is 2.13. The first-order valence-corrected chi connectivity index (χ1v) is 8.01. The van der Waals surface area contributed by atoms with Crippen molar-refractivity contribution >= 4 is 11.7 Å². The van der Waals surface area contributed by atoms with Gasteiger partial charge < -0.3 is 10.2 Å². The average Bonchev–Trinajstić information content (AvgIpc) is 2.46. The van der Waals surface area contributed by atoms with E-state index in [4.69, 9.17) is 0 Å². The summed E-state index contributed by atoms with van der Waals surface area (Å²) in [6, 6.07) is 1.81. The lowest BCUT2D eigenvalue weighted by Gasteiger charge is -2.23. The molecule has 1 aromatic heterocycles. The Labute approximate surface area is 128 Å². The molecule has 0 radical (unpaired) electrons. The number of rotatable bonds is 9. The van der Waals surface area contributed by atoms with Gasteiger partial charge >= 0.3 is 0 Å². The second-order valence-electron chi connectivity index (χ2n) is 5.26. The SMILES string of the molecule is CCCCNC(=O)c1cc(N(CCC)CCC)nc(C)n1. The van der Waals surface area contributed by atoms with Crippen LogP contribution in [0.4, 0.5) is 5.82 Å². The number of hydrogen-bond acceptors (Lipinski definition) is 4. The standard InChI is InChI=1S/C16H28N4O/c1-5-8-9-17-16(21)14-12-15(19-13(4)18-14)20(10-6-2)11-7-3/h12H,5-11H2,1-4H3,(H,17,21). The van der Waals surface area contributed by atoms with Gasteiger partial charge in [0.2, 0.25) is 0 Å². The van der Waals surface area contributed by atoms with E-state index in [1.807, 2.05) is 6.92 Å². The van der Waals surface area contributed by atoms with Crippen molar-refractivity contribution in [1.29, 1.82) is 0 Å². The summed E-state index contributed by atoms with van der Waals surface area (Å²) >= 11 is 0. The third kappa shape index (κ3) is 5.69. The fraction of sp³-hybridized carbons (Fsp3) is 0.688. The van der Waals surface area contributed by atoms with Crippen LogP contribution in [0.2, 0.25) is 0 Å². The van der Waals surface area contributed by atoms with Gasteiger partial charge in [0.15, 0.2) is 0 Å². The molecule has 0 aliphatic carbocycles. The number of amides is 1. The van der Waals surface area contributed by atoms with Gasteiger partial charge in [0.05, 0.1) is 0 Å². The predicted molar refractivity (Wildman–Crippen MR) is 86.8 cm³/mol. The smallest absolute Gasteiger partial charge is 0.270 e. The summed E-state index contributed by atoms with van der Waals surface area (Å²) in [7, 11) is 0. The molecule has 1 amide bonds. The number of carbonyl (C=O) groups is 1. The fourth-order valence-electron chi connectivity index (χ4n) is 2.18. The highest BCUT2D eigenvalue weighted by molar-refractivity contribution is 5.92. The summed E-state index contributed by atoms with van der Waals surface area (Å²) in [5.41, 5.74) is 0.464. The topological polar surface area (TPSA) is 58.1 Å². The van der Waals surface area contributed by atoms with E-state index in [9.17, 15) is 4.79 Å². The summed E-state index contributed by atoms with van der Waals surface area (Å²) in [5, 5.41) is 2.91. The Balaban J connectivity index is 2.89. The van der Waals surface area contributed by atoms with Gasteiger partial charge in [0, 0.05) is 25.7 Å². The molecule has 0 unspecified atom stereocenters. The van der Waals surface area contributed by atoms with Gasteiger partial charge in [0.25, 0.3) is 5.91 Å². The number of aromatic nitrogens is 2. The van der Waals surface area contributed by atoms with Crippen LogP contribution in [0.1, 0.15) is 62.8 Å². The normalized spacial score (nSPS) is 10.5. The molecule has 5 heteroatoms. The second kappa shape index (κ2) is 9.32. The Morgan fingerprint density at radius 1 is 1.14 bits per heavy atom. The van der Waals surface area contributed by atoms with E-state index < -0.39 is 0 Å². The van der Waals surface area contributed by atoms with Crippen LogP contribution in [-0.4, -0.2) is 35.5 Å². The van der Waals surface area contributed by atoms with Crippen molar-refractivity contribution in [2.45, 2.75) is 53.4 Å². The van der Waals surface area contributed by atoms with Crippen LogP contribution < -0.4 is 10.2 Å². The molecule has 1 N–H and O–H groups in total. The molecule has 0 atom stereocenters. The van der Waals surface area contributed by atoms with Crippen molar-refractivity contribution in [1.82, 2.24) is 15.3 Å². The molecule has 0 aliphatic rings. The van der Waals surface area contributed by atoms with Crippen LogP contribution in [0.15, 0.2) is 6.07 Å². The largest absolute Gasteiger partial charge is 0.357 e. The number of unbranched alkanes of at least 4 members (excludes halogenated alkanes) is 1. The molecular weight excluding hydrogens is 264 g/mol. The summed E-state index contributed by atoms with van der Waals surface area (Å²) in [6.45, 7) is 10.8. The van der Waals surface area contributed by atoms with Crippen LogP contribution >= 0.6 is 0 Å². The van der Waals surface area contributed by atoms with E-state index in [1.165, 1.54) is 0 Å². The number of nitrogens with zero attached hydrogens (tertiary/aromatic N) is 3. The zero-order valence-corrected chi connectivity index (χ0v) is 13.8. The van der Waals surface area contributed by atoms with Crippen LogP contribution in [-0.2, 0) is 0 Å². The minimum Gasteiger partial charge on any atom is -0.357 e. The van der Waals surface area contributed by atoms with E-state index in [-0.39, 0.29) is 5.91 Å². The van der Waals surface area contributed by atoms with Crippen molar-refractivity contribution < 1.29 is 4.79 Å². The first-order chi connectivity index (χ1) is 10.1. The van der Waals surface area contributed by atoms with Crippen LogP contribution in [0.25, 0.3) is 0 Å². The van der Waals surface area contributed by atoms with Gasteiger partial charge in [-0.3, -0.25) is 4.79 Å². The van der Waals surface area contributed by atoms with Gasteiger partial charge in [0.1, 0.15) is 17.3 Å². The molecule has 0 saturated heterocycles. The first kappa shape index (κ1) is 17.4. The Hall–Kier alpha value is -1.65. The molecule has 1 rings (SSSR count). The summed E-state index contributed by atoms with van der Waals surface area (Å²) in [6.07, 6.45) is 4.16. The third-order valence-electron chi connectivity index (χ3n) is 3.18. The Morgan fingerprint density at radius 3 is 2.38 bits per heavy atom. The molecule has 1 aromatic rings. The minimum absolute atomic E-state index is 0.108. The maximum absolute atomic E-state index is 12.1. The molecule has 118 valence electrons. The van der Waals surface area contributed by atoms with Crippen molar-refractivity contribution in [3.05, 3.63) is 17.6 Å². The fourth-order valence-corrected chi connectivity index (χ4v) is 2.18. The highest BCUT2D eigenvalue weighted by Crippen LogP contribution is 2.14. The third-order valence-corrected chi connectivity index (χ3v) is 3.18. The van der Waals surface area contributed by atoms with E-state index in [1.54, 1.807) is 6.07 Å². The number of nitrogens with one attached hydrogen (secondary N) is 1. The molecule has 0 aliphatic heterocycles. The summed E-state index contributed by atoms with van der Waals surface area (Å²) < 4.78 is 0. The highest BCUT2D eigenvalue weighted by atomic mass is 16.1. The molecule has 1 heterocycles. The van der Waals surface area contributed by atoms with Gasteiger partial charge in [-0.05, 0) is 26.2 Å². The lowest BCUT2D eigenvalue weighted by atomic mass is 10.3. The number of aryl methyl sites for hydroxylation is 1. The lowest BCUT2D eigenvalue weighted by molar-refractivity contribution is 0.0948. The average molecular weight is 292 g/mol. The maximum Gasteiger partial charge on any atom is 0.270 e. The van der Waals surface area contributed by atoms with Gasteiger partial charge in [-0.1, -0.05) is 27.2 Å². The lowest BCUT2D eigenvalue weighted by Crippen LogP contribution is -2.29. The molecule has 5 nitrogen and oxygen atoms in total. The number of hydrogen-bond donors (Lipinski definition) is 1. The Morgan fingerprint density at radius 2 is 1.81 bits per heavy atom. The monoisotopic (exact) mass is 292 g/mol. The maximum atomic E-state index is 12.1. The second-order valence-corrected chi connectivity index (χ2v) is 5.26. The van der Waals surface area contributed by atoms with Crippen LogP contribution in [0.5, 0.6) is 0 Å². The quantitative estimate of drug-likeness (QED) is 0.711. The number of anilines is 1. The minimum atomic E-state index is -0.108. The Kier molecular flexibility index (Phi) is 7.72. The Bertz CT molecular complexity index is 442. The van der Waals surface area contributed by atoms with Gasteiger partial charge in [-0.25, -0.2) is 9.97 Å². The molecule has 0 aromatic carbocycles. The van der Waals surface area contributed by atoms with Crippen molar-refractivity contribution in [2.75, 3.05) is 24.5 Å². The predicted octanol–water partition coefficient (Wildman–Crippen LogP) is 2.94. The molecule has 0 fully saturated rings. The molecule has 21 heavy (non-hydrogen) atoms. The molecular formula is C16H28N4O. The number of carbonyl (C=O) groups excluding carboxylic acids is 1. The van der Waals surface area contributed by atoms with Crippen molar-refractivity contribution in [3.8, 4) is 0 Å². The van der Waals surface area contributed by atoms with Gasteiger partial charge in [-0.15, -0.1) is 0 Å². The van der Waals surface area contributed by atoms with Crippen LogP contribution in [0, 0.1) is 6.92 Å². The summed E-state index contributed by atoms with van der Waals surface area (Å²) in [4.78, 5) is 23.1. The molecule has 0 bridgehead atoms. The van der Waals surface area contributed by atoms with Gasteiger partial charge in [-0.2, -0.15) is 0 Å². The van der Waals surface area contributed by atoms with E-state index >= 15 is 0 Å². The van der Waals surface area contributed by atoms with E-state index in [2.05, 4.69) is 41.0 Å². The molecule has 0 spiro atoms. The van der Waals surface area contributed by atoms with E-state index in [0.717, 1.165) is 44.6 Å². The first-order valence-electron chi connectivity index (χ1n) is 8.01. The summed E-state index contributed by atoms with van der Waals surface area (Å²) in [5.74, 6) is 1.39. The zero-order valence-electron chi connectivity index (χ0n) is 13.8.